The first-order valence-electron chi connectivity index (χ1n) is 8.48. The predicted octanol–water partition coefficient (Wildman–Crippen LogP) is 3.39. The molecule has 0 saturated heterocycles. The van der Waals surface area contributed by atoms with Crippen LogP contribution in [0.2, 0.25) is 0 Å². The molecule has 1 aliphatic rings. The summed E-state index contributed by atoms with van der Waals surface area (Å²) in [4.78, 5) is 2.58. The molecule has 0 spiro atoms. The molecule has 1 aliphatic carbocycles. The maximum Gasteiger partial charge on any atom is 0.122 e. The molecular formula is C19H30N2O. The summed E-state index contributed by atoms with van der Waals surface area (Å²) < 4.78 is 5.46. The van der Waals surface area contributed by atoms with Crippen molar-refractivity contribution in [3.8, 4) is 5.75 Å². The van der Waals surface area contributed by atoms with E-state index in [0.29, 0.717) is 18.6 Å². The van der Waals surface area contributed by atoms with Crippen LogP contribution in [-0.4, -0.2) is 37.2 Å². The van der Waals surface area contributed by atoms with Crippen LogP contribution in [0.1, 0.15) is 37.7 Å². The summed E-state index contributed by atoms with van der Waals surface area (Å²) in [5.41, 5.74) is 7.37. The highest BCUT2D eigenvalue weighted by Crippen LogP contribution is 2.27. The first-order chi connectivity index (χ1) is 10.8. The summed E-state index contributed by atoms with van der Waals surface area (Å²) in [7, 11) is 1.74. The third-order valence-corrected chi connectivity index (χ3v) is 4.81. The molecule has 0 bridgehead atoms. The third-order valence-electron chi connectivity index (χ3n) is 4.81. The zero-order valence-corrected chi connectivity index (χ0v) is 13.8. The average molecular weight is 302 g/mol. The van der Waals surface area contributed by atoms with Gasteiger partial charge in [-0.15, -0.1) is 6.58 Å². The van der Waals surface area contributed by atoms with Crippen LogP contribution in [0.4, 0.5) is 0 Å². The zero-order chi connectivity index (χ0) is 15.8. The highest BCUT2D eigenvalue weighted by atomic mass is 16.5. The van der Waals surface area contributed by atoms with Gasteiger partial charge >= 0.3 is 0 Å². The SMILES string of the molecule is C=CCN(C(CN)CCc1ccccc1OC)C1CCCC1. The van der Waals surface area contributed by atoms with Crippen molar-refractivity contribution < 1.29 is 4.74 Å². The Morgan fingerprint density at radius 3 is 2.73 bits per heavy atom. The fourth-order valence-electron chi connectivity index (χ4n) is 3.63. The second-order valence-electron chi connectivity index (χ2n) is 6.16. The fourth-order valence-corrected chi connectivity index (χ4v) is 3.63. The van der Waals surface area contributed by atoms with Gasteiger partial charge in [-0.3, -0.25) is 4.90 Å². The van der Waals surface area contributed by atoms with Crippen molar-refractivity contribution in [2.45, 2.75) is 50.6 Å². The molecule has 122 valence electrons. The topological polar surface area (TPSA) is 38.5 Å². The van der Waals surface area contributed by atoms with Gasteiger partial charge in [-0.2, -0.15) is 0 Å². The number of nitrogens with two attached hydrogens (primary N) is 1. The Balaban J connectivity index is 2.01. The van der Waals surface area contributed by atoms with E-state index in [2.05, 4.69) is 23.6 Å². The summed E-state index contributed by atoms with van der Waals surface area (Å²) in [5.74, 6) is 0.981. The van der Waals surface area contributed by atoms with Crippen molar-refractivity contribution in [3.05, 3.63) is 42.5 Å². The number of rotatable bonds is 9. The van der Waals surface area contributed by atoms with E-state index >= 15 is 0 Å². The van der Waals surface area contributed by atoms with Crippen LogP contribution in [0.3, 0.4) is 0 Å². The van der Waals surface area contributed by atoms with Crippen LogP contribution in [-0.2, 0) is 6.42 Å². The summed E-state index contributed by atoms with van der Waals surface area (Å²) in [6.45, 7) is 5.58. The van der Waals surface area contributed by atoms with E-state index in [0.717, 1.165) is 25.1 Å². The predicted molar refractivity (Wildman–Crippen MR) is 93.3 cm³/mol. The summed E-state index contributed by atoms with van der Waals surface area (Å²) in [6, 6.07) is 9.39. The van der Waals surface area contributed by atoms with E-state index in [1.54, 1.807) is 7.11 Å². The molecule has 0 aromatic heterocycles. The van der Waals surface area contributed by atoms with Gasteiger partial charge in [-0.05, 0) is 37.3 Å². The Morgan fingerprint density at radius 1 is 1.36 bits per heavy atom. The number of benzene rings is 1. The molecule has 0 radical (unpaired) electrons. The first-order valence-corrected chi connectivity index (χ1v) is 8.48. The molecule has 2 rings (SSSR count). The number of methoxy groups -OCH3 is 1. The van der Waals surface area contributed by atoms with Crippen LogP contribution in [0, 0.1) is 0 Å². The lowest BCUT2D eigenvalue weighted by atomic mass is 10.0. The Labute approximate surface area is 135 Å². The minimum absolute atomic E-state index is 0.422. The molecule has 0 amide bonds. The van der Waals surface area contributed by atoms with Gasteiger partial charge in [0, 0.05) is 25.2 Å². The lowest BCUT2D eigenvalue weighted by molar-refractivity contribution is 0.149. The Morgan fingerprint density at radius 2 is 2.09 bits per heavy atom. The van der Waals surface area contributed by atoms with E-state index in [1.807, 2.05) is 18.2 Å². The maximum atomic E-state index is 6.10. The van der Waals surface area contributed by atoms with Gasteiger partial charge in [0.25, 0.3) is 0 Å². The van der Waals surface area contributed by atoms with Crippen LogP contribution in [0.25, 0.3) is 0 Å². The molecule has 1 aromatic carbocycles. The van der Waals surface area contributed by atoms with Gasteiger partial charge in [-0.1, -0.05) is 37.1 Å². The normalized spacial score (nSPS) is 16.9. The maximum absolute atomic E-state index is 6.10. The van der Waals surface area contributed by atoms with E-state index in [4.69, 9.17) is 10.5 Å². The number of aryl methyl sites for hydroxylation is 1. The van der Waals surface area contributed by atoms with E-state index in [-0.39, 0.29) is 0 Å². The molecule has 0 heterocycles. The summed E-state index contributed by atoms with van der Waals surface area (Å²) in [6.07, 6.45) is 9.40. The van der Waals surface area contributed by atoms with Crippen LogP contribution < -0.4 is 10.5 Å². The molecule has 0 aliphatic heterocycles. The van der Waals surface area contributed by atoms with Crippen molar-refractivity contribution >= 4 is 0 Å². The first kappa shape index (κ1) is 17.0. The Kier molecular flexibility index (Phi) is 6.94. The van der Waals surface area contributed by atoms with E-state index < -0.39 is 0 Å². The molecular weight excluding hydrogens is 272 g/mol. The van der Waals surface area contributed by atoms with Crippen LogP contribution in [0.15, 0.2) is 36.9 Å². The molecule has 3 nitrogen and oxygen atoms in total. The van der Waals surface area contributed by atoms with Crippen molar-refractivity contribution in [2.24, 2.45) is 5.73 Å². The number of hydrogen-bond acceptors (Lipinski definition) is 3. The lowest BCUT2D eigenvalue weighted by Crippen LogP contribution is -2.46. The fraction of sp³-hybridized carbons (Fsp3) is 0.579. The van der Waals surface area contributed by atoms with Crippen molar-refractivity contribution in [1.29, 1.82) is 0 Å². The Bertz CT molecular complexity index is 455. The average Bonchev–Trinajstić information content (AvgIpc) is 3.08. The highest BCUT2D eigenvalue weighted by molar-refractivity contribution is 5.33. The smallest absolute Gasteiger partial charge is 0.122 e. The molecule has 3 heteroatoms. The van der Waals surface area contributed by atoms with Gasteiger partial charge < -0.3 is 10.5 Å². The summed E-state index contributed by atoms with van der Waals surface area (Å²) >= 11 is 0. The van der Waals surface area contributed by atoms with Gasteiger partial charge in [0.1, 0.15) is 5.75 Å². The Hall–Kier alpha value is -1.32. The minimum atomic E-state index is 0.422. The van der Waals surface area contributed by atoms with E-state index in [1.165, 1.54) is 31.2 Å². The molecule has 2 N–H and O–H groups in total. The molecule has 1 unspecified atom stereocenters. The second kappa shape index (κ2) is 8.96. The molecule has 1 fully saturated rings. The van der Waals surface area contributed by atoms with Gasteiger partial charge in [0.2, 0.25) is 0 Å². The van der Waals surface area contributed by atoms with Crippen molar-refractivity contribution in [3.63, 3.8) is 0 Å². The lowest BCUT2D eigenvalue weighted by Gasteiger charge is -2.35. The number of nitrogens with zero attached hydrogens (tertiary/aromatic N) is 1. The minimum Gasteiger partial charge on any atom is -0.496 e. The second-order valence-corrected chi connectivity index (χ2v) is 6.16. The molecule has 1 aromatic rings. The number of ether oxygens (including phenoxy) is 1. The van der Waals surface area contributed by atoms with Crippen molar-refractivity contribution in [2.75, 3.05) is 20.2 Å². The number of hydrogen-bond donors (Lipinski definition) is 1. The zero-order valence-electron chi connectivity index (χ0n) is 13.8. The monoisotopic (exact) mass is 302 g/mol. The largest absolute Gasteiger partial charge is 0.496 e. The van der Waals surface area contributed by atoms with Gasteiger partial charge in [-0.25, -0.2) is 0 Å². The molecule has 1 saturated carbocycles. The van der Waals surface area contributed by atoms with Gasteiger partial charge in [0.15, 0.2) is 0 Å². The summed E-state index contributed by atoms with van der Waals surface area (Å²) in [5, 5.41) is 0. The highest BCUT2D eigenvalue weighted by Gasteiger charge is 2.27. The van der Waals surface area contributed by atoms with Crippen LogP contribution >= 0.6 is 0 Å². The number of para-hydroxylation sites is 1. The molecule has 1 atom stereocenters. The van der Waals surface area contributed by atoms with Crippen molar-refractivity contribution in [1.82, 2.24) is 4.90 Å². The van der Waals surface area contributed by atoms with E-state index in [9.17, 15) is 0 Å². The van der Waals surface area contributed by atoms with Gasteiger partial charge in [0.05, 0.1) is 7.11 Å². The van der Waals surface area contributed by atoms with Crippen LogP contribution in [0.5, 0.6) is 5.75 Å². The standard InChI is InChI=1S/C19H30N2O/c1-3-14-21(17-9-5-6-10-17)18(15-20)13-12-16-8-4-7-11-19(16)22-2/h3-4,7-8,11,17-18H,1,5-6,9-10,12-15,20H2,2H3. The quantitative estimate of drug-likeness (QED) is 0.711. The third kappa shape index (κ3) is 4.34. The molecule has 22 heavy (non-hydrogen) atoms.